The molecule has 2 aromatic rings. The van der Waals surface area contributed by atoms with E-state index >= 15 is 0 Å². The predicted octanol–water partition coefficient (Wildman–Crippen LogP) is 4.14. The number of amides is 2. The highest BCUT2D eigenvalue weighted by molar-refractivity contribution is 5.94. The molecule has 0 aliphatic heterocycles. The van der Waals surface area contributed by atoms with Crippen molar-refractivity contribution in [2.75, 3.05) is 11.9 Å². The Balaban J connectivity index is 2.01. The van der Waals surface area contributed by atoms with Crippen molar-refractivity contribution in [1.82, 2.24) is 5.32 Å². The van der Waals surface area contributed by atoms with E-state index < -0.39 is 5.97 Å². The summed E-state index contributed by atoms with van der Waals surface area (Å²) in [5, 5.41) is 5.70. The summed E-state index contributed by atoms with van der Waals surface area (Å²) >= 11 is 0. The Morgan fingerprint density at radius 3 is 2.46 bits per heavy atom. The minimum atomic E-state index is -0.405. The van der Waals surface area contributed by atoms with Gasteiger partial charge in [-0.3, -0.25) is 0 Å². The number of carbonyl (C=O) groups is 2. The van der Waals surface area contributed by atoms with E-state index in [2.05, 4.69) is 10.6 Å². The normalized spacial score (nSPS) is 11.4. The SMILES string of the molecule is CCOC(=O)c1cccc(NC(=O)NC(CC)c2ccccc2)c1. The molecule has 0 aromatic heterocycles. The number of hydrogen-bond donors (Lipinski definition) is 2. The first kappa shape index (κ1) is 17.5. The zero-order valence-electron chi connectivity index (χ0n) is 13.9. The topological polar surface area (TPSA) is 67.4 Å². The molecule has 2 rings (SSSR count). The van der Waals surface area contributed by atoms with Crippen LogP contribution in [0.25, 0.3) is 0 Å². The van der Waals surface area contributed by atoms with E-state index in [1.54, 1.807) is 31.2 Å². The van der Waals surface area contributed by atoms with Crippen molar-refractivity contribution in [2.24, 2.45) is 0 Å². The summed E-state index contributed by atoms with van der Waals surface area (Å²) in [7, 11) is 0. The molecule has 2 N–H and O–H groups in total. The Hall–Kier alpha value is -2.82. The average molecular weight is 326 g/mol. The summed E-state index contributed by atoms with van der Waals surface area (Å²) in [6.45, 7) is 4.08. The van der Waals surface area contributed by atoms with Crippen LogP contribution in [0.1, 0.15) is 42.2 Å². The van der Waals surface area contributed by atoms with Crippen LogP contribution in [0.2, 0.25) is 0 Å². The largest absolute Gasteiger partial charge is 0.462 e. The Bertz CT molecular complexity index is 686. The lowest BCUT2D eigenvalue weighted by atomic mass is 10.1. The Kier molecular flexibility index (Phi) is 6.37. The number of anilines is 1. The number of nitrogens with one attached hydrogen (secondary N) is 2. The van der Waals surface area contributed by atoms with Crippen LogP contribution in [0.5, 0.6) is 0 Å². The lowest BCUT2D eigenvalue weighted by Crippen LogP contribution is -2.32. The highest BCUT2D eigenvalue weighted by Gasteiger charge is 2.13. The lowest BCUT2D eigenvalue weighted by Gasteiger charge is -2.18. The molecular formula is C19H22N2O3. The molecule has 0 fully saturated rings. The number of hydrogen-bond acceptors (Lipinski definition) is 3. The number of benzene rings is 2. The first-order chi connectivity index (χ1) is 11.6. The molecule has 126 valence electrons. The van der Waals surface area contributed by atoms with Crippen LogP contribution in [0.3, 0.4) is 0 Å². The van der Waals surface area contributed by atoms with Gasteiger partial charge in [0.1, 0.15) is 0 Å². The van der Waals surface area contributed by atoms with E-state index in [1.807, 2.05) is 37.3 Å². The van der Waals surface area contributed by atoms with Gasteiger partial charge in [-0.15, -0.1) is 0 Å². The molecule has 24 heavy (non-hydrogen) atoms. The maximum absolute atomic E-state index is 12.2. The number of esters is 1. The first-order valence-electron chi connectivity index (χ1n) is 8.03. The standard InChI is InChI=1S/C19H22N2O3/c1-3-17(14-9-6-5-7-10-14)21-19(23)20-16-12-8-11-15(13-16)18(22)24-4-2/h5-13,17H,3-4H2,1-2H3,(H2,20,21,23). The highest BCUT2D eigenvalue weighted by atomic mass is 16.5. The van der Waals surface area contributed by atoms with E-state index in [0.717, 1.165) is 12.0 Å². The van der Waals surface area contributed by atoms with Gasteiger partial charge in [-0.2, -0.15) is 0 Å². The zero-order chi connectivity index (χ0) is 17.4. The van der Waals surface area contributed by atoms with Gasteiger partial charge in [0, 0.05) is 5.69 Å². The van der Waals surface area contributed by atoms with Crippen LogP contribution >= 0.6 is 0 Å². The minimum Gasteiger partial charge on any atom is -0.462 e. The third-order valence-corrected chi connectivity index (χ3v) is 3.55. The second-order valence-electron chi connectivity index (χ2n) is 5.27. The fourth-order valence-electron chi connectivity index (χ4n) is 2.37. The maximum atomic E-state index is 12.2. The van der Waals surface area contributed by atoms with E-state index in [4.69, 9.17) is 4.74 Å². The number of carbonyl (C=O) groups excluding carboxylic acids is 2. The molecule has 0 spiro atoms. The van der Waals surface area contributed by atoms with Crippen molar-refractivity contribution < 1.29 is 14.3 Å². The molecule has 1 unspecified atom stereocenters. The molecule has 0 aliphatic rings. The van der Waals surface area contributed by atoms with Gasteiger partial charge in [-0.1, -0.05) is 43.3 Å². The summed E-state index contributed by atoms with van der Waals surface area (Å²) in [5.74, 6) is -0.405. The molecular weight excluding hydrogens is 304 g/mol. The molecule has 5 nitrogen and oxygen atoms in total. The second-order valence-corrected chi connectivity index (χ2v) is 5.27. The molecule has 0 aliphatic carbocycles. The van der Waals surface area contributed by atoms with Gasteiger partial charge in [0.25, 0.3) is 0 Å². The van der Waals surface area contributed by atoms with E-state index in [1.165, 1.54) is 0 Å². The zero-order valence-corrected chi connectivity index (χ0v) is 13.9. The van der Waals surface area contributed by atoms with Gasteiger partial charge in [-0.25, -0.2) is 9.59 Å². The van der Waals surface area contributed by atoms with E-state index in [9.17, 15) is 9.59 Å². The molecule has 0 saturated heterocycles. The van der Waals surface area contributed by atoms with Crippen molar-refractivity contribution in [3.8, 4) is 0 Å². The molecule has 1 atom stereocenters. The van der Waals surface area contributed by atoms with Gasteiger partial charge >= 0.3 is 12.0 Å². The van der Waals surface area contributed by atoms with Gasteiger partial charge in [-0.05, 0) is 37.1 Å². The summed E-state index contributed by atoms with van der Waals surface area (Å²) in [6.07, 6.45) is 0.778. The lowest BCUT2D eigenvalue weighted by molar-refractivity contribution is 0.0526. The third kappa shape index (κ3) is 4.84. The predicted molar refractivity (Wildman–Crippen MR) is 94.0 cm³/mol. The van der Waals surface area contributed by atoms with Crippen molar-refractivity contribution in [2.45, 2.75) is 26.3 Å². The van der Waals surface area contributed by atoms with E-state index in [0.29, 0.717) is 17.9 Å². The number of urea groups is 1. The molecule has 5 heteroatoms. The Morgan fingerprint density at radius 1 is 1.04 bits per heavy atom. The number of rotatable bonds is 6. The molecule has 2 amide bonds. The molecule has 0 saturated carbocycles. The van der Waals surface area contributed by atoms with Crippen molar-refractivity contribution in [1.29, 1.82) is 0 Å². The van der Waals surface area contributed by atoms with Gasteiger partial charge in [0.15, 0.2) is 0 Å². The van der Waals surface area contributed by atoms with Crippen LogP contribution in [0.4, 0.5) is 10.5 Å². The molecule has 0 bridgehead atoms. The minimum absolute atomic E-state index is 0.0700. The highest BCUT2D eigenvalue weighted by Crippen LogP contribution is 2.17. The fourth-order valence-corrected chi connectivity index (χ4v) is 2.37. The molecule has 2 aromatic carbocycles. The van der Waals surface area contributed by atoms with Crippen molar-refractivity contribution >= 4 is 17.7 Å². The van der Waals surface area contributed by atoms with Crippen LogP contribution in [0.15, 0.2) is 54.6 Å². The average Bonchev–Trinajstić information content (AvgIpc) is 2.61. The van der Waals surface area contributed by atoms with Crippen molar-refractivity contribution in [3.63, 3.8) is 0 Å². The summed E-state index contributed by atoms with van der Waals surface area (Å²) in [4.78, 5) is 24.0. The van der Waals surface area contributed by atoms with Crippen LogP contribution in [0, 0.1) is 0 Å². The Labute approximate surface area is 142 Å². The van der Waals surface area contributed by atoms with E-state index in [-0.39, 0.29) is 12.1 Å². The summed E-state index contributed by atoms with van der Waals surface area (Å²) in [6, 6.07) is 16.1. The van der Waals surface area contributed by atoms with Gasteiger partial charge in [0.2, 0.25) is 0 Å². The van der Waals surface area contributed by atoms with Crippen LogP contribution in [-0.2, 0) is 4.74 Å². The molecule has 0 radical (unpaired) electrons. The maximum Gasteiger partial charge on any atom is 0.338 e. The van der Waals surface area contributed by atoms with Crippen molar-refractivity contribution in [3.05, 3.63) is 65.7 Å². The third-order valence-electron chi connectivity index (χ3n) is 3.55. The molecule has 0 heterocycles. The second kappa shape index (κ2) is 8.72. The van der Waals surface area contributed by atoms with Crippen LogP contribution in [-0.4, -0.2) is 18.6 Å². The monoisotopic (exact) mass is 326 g/mol. The Morgan fingerprint density at radius 2 is 1.79 bits per heavy atom. The first-order valence-corrected chi connectivity index (χ1v) is 8.03. The fraction of sp³-hybridized carbons (Fsp3) is 0.263. The van der Waals surface area contributed by atoms with Crippen LogP contribution < -0.4 is 10.6 Å². The summed E-state index contributed by atoms with van der Waals surface area (Å²) in [5.41, 5.74) is 2.00. The van der Waals surface area contributed by atoms with Gasteiger partial charge < -0.3 is 15.4 Å². The van der Waals surface area contributed by atoms with Gasteiger partial charge in [0.05, 0.1) is 18.2 Å². The summed E-state index contributed by atoms with van der Waals surface area (Å²) < 4.78 is 4.96. The quantitative estimate of drug-likeness (QED) is 0.784. The number of ether oxygens (including phenoxy) is 1. The smallest absolute Gasteiger partial charge is 0.338 e.